The van der Waals surface area contributed by atoms with E-state index in [0.29, 0.717) is 10.8 Å². The molecule has 5 heteroatoms. The molecule has 0 amide bonds. The number of rotatable bonds is 2. The summed E-state index contributed by atoms with van der Waals surface area (Å²) in [5.41, 5.74) is 0. The van der Waals surface area contributed by atoms with Crippen molar-refractivity contribution in [2.24, 2.45) is 0 Å². The van der Waals surface area contributed by atoms with Gasteiger partial charge in [0.2, 0.25) is 0 Å². The monoisotopic (exact) mass is 191 g/mol. The van der Waals surface area contributed by atoms with Crippen molar-refractivity contribution in [3.05, 3.63) is 18.3 Å². The number of hydrogen-bond acceptors (Lipinski definition) is 3. The third-order valence-electron chi connectivity index (χ3n) is 1.11. The number of nitrogens with zero attached hydrogens (tertiary/aromatic N) is 1. The van der Waals surface area contributed by atoms with E-state index in [4.69, 9.17) is 15.4 Å². The van der Waals surface area contributed by atoms with Crippen LogP contribution in [0.1, 0.15) is 0 Å². The number of ether oxygens (including phenoxy) is 1. The van der Waals surface area contributed by atoms with Gasteiger partial charge in [0.15, 0.2) is 10.7 Å². The molecule has 0 aliphatic heterocycles. The van der Waals surface area contributed by atoms with E-state index < -0.39 is 10.4 Å². The predicted octanol–water partition coefficient (Wildman–Crippen LogP) is 1.35. The number of methoxy groups -OCH3 is 1. The molecule has 1 heterocycles. The third kappa shape index (κ3) is 2.25. The first-order valence-corrected chi connectivity index (χ1v) is 4.79. The van der Waals surface area contributed by atoms with Crippen LogP contribution in [0.5, 0.6) is 5.75 Å². The first-order chi connectivity index (χ1) is 5.24. The van der Waals surface area contributed by atoms with Crippen molar-refractivity contribution < 1.29 is 9.29 Å². The lowest BCUT2D eigenvalue weighted by Crippen LogP contribution is -1.95. The summed E-state index contributed by atoms with van der Waals surface area (Å²) >= 11 is 0. The van der Waals surface area contributed by atoms with E-state index in [-0.39, 0.29) is 0 Å². The maximum absolute atomic E-state index is 10.7. The van der Waals surface area contributed by atoms with Crippen LogP contribution < -0.4 is 4.74 Å². The molecule has 1 rings (SSSR count). The molecule has 0 bridgehead atoms. The Labute approximate surface area is 72.0 Å². The zero-order valence-corrected chi connectivity index (χ0v) is 7.35. The highest BCUT2D eigenvalue weighted by atomic mass is 35.7. The van der Waals surface area contributed by atoms with Crippen LogP contribution in [0.15, 0.2) is 23.4 Å². The smallest absolute Gasteiger partial charge is 0.268 e. The van der Waals surface area contributed by atoms with Crippen molar-refractivity contribution >= 4 is 21.1 Å². The average Bonchev–Trinajstić information content (AvgIpc) is 2.05. The molecule has 3 nitrogen and oxygen atoms in total. The fourth-order valence-corrected chi connectivity index (χ4v) is 1.21. The van der Waals surface area contributed by atoms with Gasteiger partial charge in [-0.25, -0.2) is 4.98 Å². The molecule has 0 saturated heterocycles. The van der Waals surface area contributed by atoms with E-state index in [1.54, 1.807) is 6.07 Å². The molecule has 1 aromatic heterocycles. The van der Waals surface area contributed by atoms with Gasteiger partial charge in [0.25, 0.3) is 5.03 Å². The summed E-state index contributed by atoms with van der Waals surface area (Å²) in [6, 6.07) is 3.19. The number of pyridine rings is 1. The largest absolute Gasteiger partial charge is 0.593 e. The Morgan fingerprint density at radius 1 is 1.73 bits per heavy atom. The number of halogens is 1. The average molecular weight is 192 g/mol. The van der Waals surface area contributed by atoms with Crippen LogP contribution in [0.25, 0.3) is 0 Å². The van der Waals surface area contributed by atoms with Crippen molar-refractivity contribution in [3.8, 4) is 5.75 Å². The summed E-state index contributed by atoms with van der Waals surface area (Å²) in [7, 11) is 5.25. The minimum atomic E-state index is -1.56. The maximum atomic E-state index is 10.7. The van der Waals surface area contributed by atoms with Crippen molar-refractivity contribution in [3.63, 3.8) is 0 Å². The topological polar surface area (TPSA) is 45.2 Å². The summed E-state index contributed by atoms with van der Waals surface area (Å²) < 4.78 is 15.5. The summed E-state index contributed by atoms with van der Waals surface area (Å²) in [6.45, 7) is 0. The van der Waals surface area contributed by atoms with E-state index >= 15 is 0 Å². The summed E-state index contributed by atoms with van der Waals surface area (Å²) in [5, 5.41) is 0.311. The molecule has 0 aliphatic carbocycles. The quantitative estimate of drug-likeness (QED) is 0.663. The van der Waals surface area contributed by atoms with Crippen molar-refractivity contribution in [1.82, 2.24) is 4.98 Å². The van der Waals surface area contributed by atoms with Gasteiger partial charge in [-0.3, -0.25) is 0 Å². The fraction of sp³-hybridized carbons (Fsp3) is 0.167. The SMILES string of the molecule is COc1ccnc([S+]([O-])Cl)c1. The Morgan fingerprint density at radius 2 is 2.45 bits per heavy atom. The highest BCUT2D eigenvalue weighted by Crippen LogP contribution is 2.16. The van der Waals surface area contributed by atoms with Crippen molar-refractivity contribution in [2.45, 2.75) is 5.03 Å². The Balaban J connectivity index is 2.91. The molecule has 0 aliphatic rings. The lowest BCUT2D eigenvalue weighted by Gasteiger charge is -2.00. The Bertz CT molecular complexity index is 244. The molecular formula is C6H6ClNO2S. The van der Waals surface area contributed by atoms with Gasteiger partial charge in [-0.15, -0.1) is 0 Å². The Kier molecular flexibility index (Phi) is 2.99. The molecule has 0 spiro atoms. The molecule has 0 aromatic carbocycles. The van der Waals surface area contributed by atoms with Gasteiger partial charge >= 0.3 is 0 Å². The van der Waals surface area contributed by atoms with Crippen LogP contribution in [0.2, 0.25) is 0 Å². The van der Waals surface area contributed by atoms with Crippen LogP contribution in [0, 0.1) is 0 Å². The normalized spacial score (nSPS) is 12.6. The van der Waals surface area contributed by atoms with E-state index in [1.165, 1.54) is 19.4 Å². The van der Waals surface area contributed by atoms with Crippen molar-refractivity contribution in [1.29, 1.82) is 0 Å². The first-order valence-electron chi connectivity index (χ1n) is 2.82. The van der Waals surface area contributed by atoms with Crippen molar-refractivity contribution in [2.75, 3.05) is 7.11 Å². The molecule has 1 unspecified atom stereocenters. The second-order valence-corrected chi connectivity index (χ2v) is 3.46. The highest BCUT2D eigenvalue weighted by molar-refractivity contribution is 8.13. The van der Waals surface area contributed by atoms with Gasteiger partial charge in [-0.1, -0.05) is 0 Å². The summed E-state index contributed by atoms with van der Waals surface area (Å²) in [6.07, 6.45) is 1.49. The van der Waals surface area contributed by atoms with Gasteiger partial charge in [0.1, 0.15) is 16.1 Å². The van der Waals surface area contributed by atoms with E-state index in [2.05, 4.69) is 4.98 Å². The van der Waals surface area contributed by atoms with Crippen LogP contribution in [0.4, 0.5) is 0 Å². The second-order valence-electron chi connectivity index (χ2n) is 1.76. The lowest BCUT2D eigenvalue weighted by atomic mass is 10.5. The minimum Gasteiger partial charge on any atom is -0.593 e. The van der Waals surface area contributed by atoms with Crippen LogP contribution in [-0.2, 0) is 10.4 Å². The molecule has 1 aromatic rings. The van der Waals surface area contributed by atoms with Gasteiger partial charge in [-0.2, -0.15) is 0 Å². The fourth-order valence-electron chi connectivity index (χ4n) is 0.606. The standard InChI is InChI=1S/C6H6ClNO2S/c1-10-5-2-3-8-6(4-5)11(7)9/h2-4H,1H3. The van der Waals surface area contributed by atoms with E-state index in [0.717, 1.165) is 0 Å². The van der Waals surface area contributed by atoms with E-state index in [1.807, 2.05) is 0 Å². The third-order valence-corrected chi connectivity index (χ3v) is 2.13. The molecule has 0 fully saturated rings. The number of aromatic nitrogens is 1. The zero-order valence-electron chi connectivity index (χ0n) is 5.78. The Hall–Kier alpha value is -0.450. The van der Waals surface area contributed by atoms with Gasteiger partial charge in [-0.05, 0) is 6.07 Å². The molecule has 1 atom stereocenters. The molecular weight excluding hydrogens is 186 g/mol. The highest BCUT2D eigenvalue weighted by Gasteiger charge is 2.09. The summed E-state index contributed by atoms with van der Waals surface area (Å²) in [5.74, 6) is 0.601. The van der Waals surface area contributed by atoms with Crippen LogP contribution >= 0.6 is 10.7 Å². The Morgan fingerprint density at radius 3 is 3.00 bits per heavy atom. The van der Waals surface area contributed by atoms with Gasteiger partial charge in [0, 0.05) is 6.20 Å². The first kappa shape index (κ1) is 8.64. The molecule has 60 valence electrons. The van der Waals surface area contributed by atoms with Gasteiger partial charge < -0.3 is 9.29 Å². The predicted molar refractivity (Wildman–Crippen MR) is 43.1 cm³/mol. The second kappa shape index (κ2) is 3.80. The maximum Gasteiger partial charge on any atom is 0.268 e. The molecule has 0 N–H and O–H groups in total. The number of hydrogen-bond donors (Lipinski definition) is 0. The minimum absolute atomic E-state index is 0.311. The molecule has 11 heavy (non-hydrogen) atoms. The molecule has 0 radical (unpaired) electrons. The zero-order chi connectivity index (χ0) is 8.27. The van der Waals surface area contributed by atoms with Crippen LogP contribution in [0.3, 0.4) is 0 Å². The summed E-state index contributed by atoms with van der Waals surface area (Å²) in [4.78, 5) is 3.77. The van der Waals surface area contributed by atoms with Crippen LogP contribution in [-0.4, -0.2) is 16.6 Å². The molecule has 0 saturated carbocycles. The lowest BCUT2D eigenvalue weighted by molar-refractivity contribution is 0.412. The van der Waals surface area contributed by atoms with Gasteiger partial charge in [0.05, 0.1) is 13.2 Å². The van der Waals surface area contributed by atoms with E-state index in [9.17, 15) is 4.55 Å².